The number of rotatable bonds is 9. The van der Waals surface area contributed by atoms with Gasteiger partial charge in [-0.25, -0.2) is 0 Å². The van der Waals surface area contributed by atoms with Gasteiger partial charge in [0.05, 0.1) is 13.2 Å². The Morgan fingerprint density at radius 2 is 1.85 bits per heavy atom. The van der Waals surface area contributed by atoms with E-state index in [9.17, 15) is 0 Å². The molecule has 1 fully saturated rings. The lowest BCUT2D eigenvalue weighted by Crippen LogP contribution is -2.52. The quantitative estimate of drug-likeness (QED) is 0.395. The van der Waals surface area contributed by atoms with Crippen LogP contribution < -0.4 is 5.19 Å². The minimum absolute atomic E-state index is 0.332. The van der Waals surface area contributed by atoms with Crippen LogP contribution in [0.3, 0.4) is 0 Å². The molecule has 2 rings (SSSR count). The van der Waals surface area contributed by atoms with E-state index < -0.39 is 8.56 Å². The zero-order valence-corrected chi connectivity index (χ0v) is 13.6. The number of hydrogen-bond acceptors (Lipinski definition) is 4. The van der Waals surface area contributed by atoms with E-state index in [-0.39, 0.29) is 0 Å². The summed E-state index contributed by atoms with van der Waals surface area (Å²) in [5, 5.41) is 1.18. The standard InChI is InChI=1S/C15H24O4Si/c1-13-5-7-15(8-6-13)20(16-2,17-3)10-4-9-18-11-14-12-19-14/h5-8,14H,4,9-12H2,1-3H3. The van der Waals surface area contributed by atoms with Gasteiger partial charge >= 0.3 is 8.56 Å². The van der Waals surface area contributed by atoms with Crippen molar-refractivity contribution in [1.29, 1.82) is 0 Å². The molecule has 20 heavy (non-hydrogen) atoms. The van der Waals surface area contributed by atoms with Gasteiger partial charge in [0.25, 0.3) is 0 Å². The van der Waals surface area contributed by atoms with Gasteiger partial charge in [-0.15, -0.1) is 0 Å². The highest BCUT2D eigenvalue weighted by Gasteiger charge is 2.37. The van der Waals surface area contributed by atoms with Gasteiger partial charge < -0.3 is 18.3 Å². The Bertz CT molecular complexity index is 399. The van der Waals surface area contributed by atoms with Crippen molar-refractivity contribution in [3.63, 3.8) is 0 Å². The summed E-state index contributed by atoms with van der Waals surface area (Å²) in [4.78, 5) is 0. The smallest absolute Gasteiger partial charge is 0.372 e. The van der Waals surface area contributed by atoms with E-state index in [1.54, 1.807) is 14.2 Å². The van der Waals surface area contributed by atoms with Gasteiger partial charge in [-0.1, -0.05) is 29.8 Å². The van der Waals surface area contributed by atoms with Crippen LogP contribution in [0.5, 0.6) is 0 Å². The molecule has 4 nitrogen and oxygen atoms in total. The Morgan fingerprint density at radius 3 is 2.40 bits per heavy atom. The van der Waals surface area contributed by atoms with Crippen molar-refractivity contribution in [2.75, 3.05) is 34.0 Å². The van der Waals surface area contributed by atoms with Gasteiger partial charge in [0.2, 0.25) is 0 Å². The normalized spacial score (nSPS) is 18.2. The summed E-state index contributed by atoms with van der Waals surface area (Å²) in [5.74, 6) is 0. The second-order valence-corrected chi connectivity index (χ2v) is 8.56. The summed E-state index contributed by atoms with van der Waals surface area (Å²) in [6.45, 7) is 4.37. The molecule has 0 aliphatic carbocycles. The van der Waals surface area contributed by atoms with Crippen LogP contribution in [0.4, 0.5) is 0 Å². The third-order valence-corrected chi connectivity index (χ3v) is 7.20. The molecule has 1 atom stereocenters. The Kier molecular flexibility index (Phi) is 5.74. The molecule has 0 aromatic heterocycles. The molecule has 0 saturated carbocycles. The van der Waals surface area contributed by atoms with E-state index in [2.05, 4.69) is 31.2 Å². The third-order valence-electron chi connectivity index (χ3n) is 3.65. The Morgan fingerprint density at radius 1 is 1.20 bits per heavy atom. The largest absolute Gasteiger partial charge is 0.394 e. The van der Waals surface area contributed by atoms with Gasteiger partial charge in [-0.3, -0.25) is 0 Å². The van der Waals surface area contributed by atoms with Crippen LogP contribution in [0, 0.1) is 6.92 Å². The highest BCUT2D eigenvalue weighted by atomic mass is 28.4. The Balaban J connectivity index is 1.88. The minimum Gasteiger partial charge on any atom is -0.394 e. The monoisotopic (exact) mass is 296 g/mol. The molecule has 5 heteroatoms. The highest BCUT2D eigenvalue weighted by Crippen LogP contribution is 2.16. The van der Waals surface area contributed by atoms with Crippen molar-refractivity contribution >= 4 is 13.7 Å². The van der Waals surface area contributed by atoms with E-state index in [0.717, 1.165) is 25.7 Å². The first-order valence-electron chi connectivity index (χ1n) is 7.07. The van der Waals surface area contributed by atoms with Crippen LogP contribution in [-0.4, -0.2) is 48.7 Å². The predicted molar refractivity (Wildman–Crippen MR) is 80.6 cm³/mol. The zero-order valence-electron chi connectivity index (χ0n) is 12.6. The van der Waals surface area contributed by atoms with Crippen LogP contribution in [0.15, 0.2) is 24.3 Å². The molecule has 1 aliphatic heterocycles. The van der Waals surface area contributed by atoms with E-state index in [4.69, 9.17) is 18.3 Å². The molecule has 0 bridgehead atoms. The van der Waals surface area contributed by atoms with Gasteiger partial charge in [-0.05, 0) is 24.6 Å². The fourth-order valence-electron chi connectivity index (χ4n) is 2.26. The molecule has 0 spiro atoms. The van der Waals surface area contributed by atoms with E-state index in [0.29, 0.717) is 12.7 Å². The van der Waals surface area contributed by atoms with Crippen LogP contribution in [0.25, 0.3) is 0 Å². The van der Waals surface area contributed by atoms with E-state index >= 15 is 0 Å². The van der Waals surface area contributed by atoms with Gasteiger partial charge in [0.1, 0.15) is 6.10 Å². The molecule has 1 heterocycles. The molecule has 1 aromatic rings. The number of ether oxygens (including phenoxy) is 2. The van der Waals surface area contributed by atoms with Crippen LogP contribution in [0.1, 0.15) is 12.0 Å². The summed E-state index contributed by atoms with van der Waals surface area (Å²) in [6, 6.07) is 9.35. The fraction of sp³-hybridized carbons (Fsp3) is 0.600. The average Bonchev–Trinajstić information content (AvgIpc) is 3.29. The molecule has 0 N–H and O–H groups in total. The fourth-order valence-corrected chi connectivity index (χ4v) is 4.88. The number of epoxide rings is 1. The van der Waals surface area contributed by atoms with Gasteiger partial charge in [0, 0.05) is 20.8 Å². The summed E-state index contributed by atoms with van der Waals surface area (Å²) in [5.41, 5.74) is 1.25. The van der Waals surface area contributed by atoms with Gasteiger partial charge in [-0.2, -0.15) is 0 Å². The first-order chi connectivity index (χ1) is 9.70. The lowest BCUT2D eigenvalue weighted by Gasteiger charge is -2.27. The molecule has 1 saturated heterocycles. The SMILES string of the molecule is CO[Si](CCCOCC1CO1)(OC)c1ccc(C)cc1. The first-order valence-corrected chi connectivity index (χ1v) is 9.09. The van der Waals surface area contributed by atoms with E-state index in [1.807, 2.05) is 0 Å². The van der Waals surface area contributed by atoms with Crippen molar-refractivity contribution in [1.82, 2.24) is 0 Å². The summed E-state index contributed by atoms with van der Waals surface area (Å²) in [6.07, 6.45) is 1.27. The lowest BCUT2D eigenvalue weighted by molar-refractivity contribution is 0.115. The first kappa shape index (κ1) is 15.7. The Labute approximate surface area is 122 Å². The van der Waals surface area contributed by atoms with Crippen molar-refractivity contribution in [3.05, 3.63) is 29.8 Å². The van der Waals surface area contributed by atoms with Crippen molar-refractivity contribution in [2.24, 2.45) is 0 Å². The maximum atomic E-state index is 5.79. The van der Waals surface area contributed by atoms with Crippen LogP contribution >= 0.6 is 0 Å². The molecular weight excluding hydrogens is 272 g/mol. The van der Waals surface area contributed by atoms with Crippen molar-refractivity contribution in [3.8, 4) is 0 Å². The zero-order chi connectivity index (χ0) is 14.4. The van der Waals surface area contributed by atoms with Crippen molar-refractivity contribution in [2.45, 2.75) is 25.5 Å². The molecule has 112 valence electrons. The highest BCUT2D eigenvalue weighted by molar-refractivity contribution is 6.81. The molecule has 0 amide bonds. The number of benzene rings is 1. The summed E-state index contributed by atoms with van der Waals surface area (Å²) < 4.78 is 22.3. The lowest BCUT2D eigenvalue weighted by atomic mass is 10.2. The average molecular weight is 296 g/mol. The van der Waals surface area contributed by atoms with Crippen molar-refractivity contribution < 1.29 is 18.3 Å². The number of hydrogen-bond donors (Lipinski definition) is 0. The maximum Gasteiger partial charge on any atom is 0.372 e. The second-order valence-electron chi connectivity index (χ2n) is 5.16. The molecular formula is C15H24O4Si. The summed E-state index contributed by atoms with van der Waals surface area (Å²) in [7, 11) is 1.17. The molecule has 1 aliphatic rings. The molecule has 0 radical (unpaired) electrons. The van der Waals surface area contributed by atoms with Gasteiger partial charge in [0.15, 0.2) is 0 Å². The third kappa shape index (κ3) is 4.13. The summed E-state index contributed by atoms with van der Waals surface area (Å²) >= 11 is 0. The molecule has 1 unspecified atom stereocenters. The maximum absolute atomic E-state index is 5.79. The van der Waals surface area contributed by atoms with E-state index in [1.165, 1.54) is 10.8 Å². The topological polar surface area (TPSA) is 40.2 Å². The number of aryl methyl sites for hydroxylation is 1. The predicted octanol–water partition coefficient (Wildman–Crippen LogP) is 1.74. The second kappa shape index (κ2) is 7.33. The Hall–Kier alpha value is -0.723. The molecule has 1 aromatic carbocycles. The van der Waals surface area contributed by atoms with Crippen LogP contribution in [0.2, 0.25) is 6.04 Å². The van der Waals surface area contributed by atoms with Crippen LogP contribution in [-0.2, 0) is 18.3 Å². The minimum atomic E-state index is -2.32.